The van der Waals surface area contributed by atoms with Gasteiger partial charge in [-0.1, -0.05) is 0 Å². The summed E-state index contributed by atoms with van der Waals surface area (Å²) in [6.07, 6.45) is 0. The van der Waals surface area contributed by atoms with Crippen LogP contribution >= 0.6 is 0 Å². The van der Waals surface area contributed by atoms with E-state index in [1.165, 1.54) is 3.58 Å². The number of nitrogens with zero attached hydrogens (tertiary/aromatic N) is 1. The molecule has 0 unspecified atom stereocenters. The van der Waals surface area contributed by atoms with Crippen molar-refractivity contribution < 1.29 is 0 Å². The van der Waals surface area contributed by atoms with Crippen LogP contribution in [0.3, 0.4) is 0 Å². The van der Waals surface area contributed by atoms with Gasteiger partial charge in [-0.15, -0.1) is 0 Å². The molecule has 0 aliphatic rings. The van der Waals surface area contributed by atoms with Crippen molar-refractivity contribution in [2.45, 2.75) is 14.8 Å². The summed E-state index contributed by atoms with van der Waals surface area (Å²) < 4.78 is 1.33. The van der Waals surface area contributed by atoms with Gasteiger partial charge in [0.15, 0.2) is 0 Å². The number of hydrogen-bond acceptors (Lipinski definition) is 1. The molecule has 1 nitrogen and oxygen atoms in total. The van der Waals surface area contributed by atoms with Crippen molar-refractivity contribution in [3.05, 3.63) is 29.8 Å². The van der Waals surface area contributed by atoms with Crippen molar-refractivity contribution in [1.82, 2.24) is 0 Å². The predicted molar refractivity (Wildman–Crippen MR) is 54.1 cm³/mol. The fourth-order valence-corrected chi connectivity index (χ4v) is 5.64. The molecule has 0 spiro atoms. The summed E-state index contributed by atoms with van der Waals surface area (Å²) in [6.45, 7) is 0. The number of nitriles is 1. The van der Waals surface area contributed by atoms with Crippen LogP contribution in [0.1, 0.15) is 5.56 Å². The molecule has 0 aliphatic carbocycles. The molecule has 0 saturated carbocycles. The second-order valence-electron chi connectivity index (χ2n) is 3.91. The SMILES string of the molecule is [CH3][Sn]([CH3])([CH3])[c]1ccccc1C#N. The van der Waals surface area contributed by atoms with E-state index >= 15 is 0 Å². The van der Waals surface area contributed by atoms with Crippen LogP contribution in [-0.4, -0.2) is 18.4 Å². The van der Waals surface area contributed by atoms with Crippen LogP contribution < -0.4 is 3.58 Å². The molecular formula is C10H13NSn. The van der Waals surface area contributed by atoms with Crippen LogP contribution in [0.4, 0.5) is 0 Å². The topological polar surface area (TPSA) is 23.8 Å². The Kier molecular flexibility index (Phi) is 2.79. The van der Waals surface area contributed by atoms with Gasteiger partial charge < -0.3 is 0 Å². The van der Waals surface area contributed by atoms with E-state index in [9.17, 15) is 0 Å². The molecule has 0 fully saturated rings. The molecule has 0 aromatic heterocycles. The summed E-state index contributed by atoms with van der Waals surface area (Å²) in [7, 11) is 0. The van der Waals surface area contributed by atoms with E-state index in [0.717, 1.165) is 5.56 Å². The Bertz CT molecular complexity index is 317. The van der Waals surface area contributed by atoms with Gasteiger partial charge in [-0.3, -0.25) is 0 Å². The summed E-state index contributed by atoms with van der Waals surface area (Å²) >= 11 is -2.03. The fourth-order valence-electron chi connectivity index (χ4n) is 1.23. The zero-order chi connectivity index (χ0) is 9.19. The van der Waals surface area contributed by atoms with Gasteiger partial charge in [-0.05, 0) is 0 Å². The van der Waals surface area contributed by atoms with Crippen molar-refractivity contribution >= 4 is 22.0 Å². The predicted octanol–water partition coefficient (Wildman–Crippen LogP) is 2.10. The van der Waals surface area contributed by atoms with Gasteiger partial charge >= 0.3 is 77.9 Å². The van der Waals surface area contributed by atoms with E-state index in [0.29, 0.717) is 0 Å². The van der Waals surface area contributed by atoms with Gasteiger partial charge in [0.05, 0.1) is 0 Å². The van der Waals surface area contributed by atoms with E-state index in [-0.39, 0.29) is 0 Å². The molecule has 0 atom stereocenters. The van der Waals surface area contributed by atoms with E-state index in [1.54, 1.807) is 0 Å². The normalized spacial score (nSPS) is 10.8. The van der Waals surface area contributed by atoms with E-state index in [1.807, 2.05) is 18.2 Å². The quantitative estimate of drug-likeness (QED) is 0.714. The molecule has 0 saturated heterocycles. The monoisotopic (exact) mass is 267 g/mol. The number of hydrogen-bond donors (Lipinski definition) is 0. The maximum atomic E-state index is 8.87. The Labute approximate surface area is 77.9 Å². The molecule has 12 heavy (non-hydrogen) atoms. The summed E-state index contributed by atoms with van der Waals surface area (Å²) in [6, 6.07) is 10.2. The average Bonchev–Trinajstić information content (AvgIpc) is 2.03. The van der Waals surface area contributed by atoms with Crippen LogP contribution in [0.5, 0.6) is 0 Å². The maximum absolute atomic E-state index is 8.87. The van der Waals surface area contributed by atoms with Gasteiger partial charge in [-0.2, -0.15) is 0 Å². The van der Waals surface area contributed by atoms with Crippen LogP contribution in [0.25, 0.3) is 0 Å². The molecule has 0 aliphatic heterocycles. The Morgan fingerprint density at radius 3 is 2.17 bits per heavy atom. The van der Waals surface area contributed by atoms with E-state index < -0.39 is 18.4 Å². The molecule has 2 heteroatoms. The van der Waals surface area contributed by atoms with Crippen LogP contribution in [0, 0.1) is 11.3 Å². The van der Waals surface area contributed by atoms with Crippen molar-refractivity contribution in [1.29, 1.82) is 5.26 Å². The first-order valence-electron chi connectivity index (χ1n) is 4.05. The molecule has 1 rings (SSSR count). The number of rotatable bonds is 1. The van der Waals surface area contributed by atoms with Gasteiger partial charge in [0, 0.05) is 0 Å². The van der Waals surface area contributed by atoms with Gasteiger partial charge in [0.25, 0.3) is 0 Å². The third-order valence-corrected chi connectivity index (χ3v) is 7.71. The molecule has 62 valence electrons. The molecule has 0 heterocycles. The molecule has 0 radical (unpaired) electrons. The van der Waals surface area contributed by atoms with E-state index in [4.69, 9.17) is 5.26 Å². The van der Waals surface area contributed by atoms with Crippen LogP contribution in [-0.2, 0) is 0 Å². The summed E-state index contributed by atoms with van der Waals surface area (Å²) in [5, 5.41) is 8.87. The first kappa shape index (κ1) is 9.60. The Morgan fingerprint density at radius 1 is 1.17 bits per heavy atom. The zero-order valence-corrected chi connectivity index (χ0v) is 10.6. The van der Waals surface area contributed by atoms with E-state index in [2.05, 4.69) is 27.0 Å². The van der Waals surface area contributed by atoms with Gasteiger partial charge in [-0.25, -0.2) is 0 Å². The van der Waals surface area contributed by atoms with Gasteiger partial charge in [0.2, 0.25) is 0 Å². The molecule has 1 aromatic rings. The summed E-state index contributed by atoms with van der Waals surface area (Å²) in [5.41, 5.74) is 0.876. The average molecular weight is 266 g/mol. The second kappa shape index (κ2) is 3.49. The minimum atomic E-state index is -2.03. The van der Waals surface area contributed by atoms with Crippen molar-refractivity contribution in [3.63, 3.8) is 0 Å². The number of benzene rings is 1. The second-order valence-corrected chi connectivity index (χ2v) is 18.3. The summed E-state index contributed by atoms with van der Waals surface area (Å²) in [4.78, 5) is 6.97. The molecule has 0 N–H and O–H groups in total. The van der Waals surface area contributed by atoms with Crippen LogP contribution in [0.15, 0.2) is 24.3 Å². The first-order valence-corrected chi connectivity index (χ1v) is 14.0. The van der Waals surface area contributed by atoms with Crippen molar-refractivity contribution in [2.75, 3.05) is 0 Å². The van der Waals surface area contributed by atoms with Crippen LogP contribution in [0.2, 0.25) is 14.8 Å². The Morgan fingerprint density at radius 2 is 1.75 bits per heavy atom. The Balaban J connectivity index is 3.26. The van der Waals surface area contributed by atoms with Gasteiger partial charge in [0.1, 0.15) is 0 Å². The first-order chi connectivity index (χ1) is 5.55. The fraction of sp³-hybridized carbons (Fsp3) is 0.300. The van der Waals surface area contributed by atoms with Crippen molar-refractivity contribution in [3.8, 4) is 6.07 Å². The summed E-state index contributed by atoms with van der Waals surface area (Å²) in [5.74, 6) is 0. The Hall–Kier alpha value is -0.491. The molecule has 0 bridgehead atoms. The third kappa shape index (κ3) is 2.01. The molecule has 0 amide bonds. The standard InChI is InChI=1S/C7H4N.3CH3.Sn/c8-6-7-4-2-1-3-5-7;;;;/h1-4H;3*1H3;. The molecule has 1 aromatic carbocycles. The minimum absolute atomic E-state index is 0.876. The van der Waals surface area contributed by atoms with Crippen molar-refractivity contribution in [2.24, 2.45) is 0 Å². The zero-order valence-electron chi connectivity index (χ0n) is 7.76. The molecular weight excluding hydrogens is 253 g/mol. The third-order valence-electron chi connectivity index (χ3n) is 1.86.